The molecule has 5 nitrogen and oxygen atoms in total. The Balaban J connectivity index is 1.88. The van der Waals surface area contributed by atoms with Gasteiger partial charge in [0.15, 0.2) is 0 Å². The molecule has 0 aliphatic carbocycles. The number of carbonyl (C=O) groups is 1. The van der Waals surface area contributed by atoms with E-state index < -0.39 is 0 Å². The zero-order chi connectivity index (χ0) is 16.7. The lowest BCUT2D eigenvalue weighted by atomic mass is 10.1. The van der Waals surface area contributed by atoms with Gasteiger partial charge in [-0.15, -0.1) is 0 Å². The first-order valence-corrected chi connectivity index (χ1v) is 8.47. The summed E-state index contributed by atoms with van der Waals surface area (Å²) in [6.07, 6.45) is 0. The molecule has 1 aromatic rings. The Morgan fingerprint density at radius 1 is 1.17 bits per heavy atom. The highest BCUT2D eigenvalue weighted by Gasteiger charge is 2.14. The standard InChI is InChI=1S/C18H29N3O2/c1-14(2)15(3)20-18(22)19-12-16-6-4-5-7-17(16)13-21-8-10-23-11-9-21/h4-7,14-15H,8-13H2,1-3H3,(H2,19,20,22). The highest BCUT2D eigenvalue weighted by atomic mass is 16.5. The van der Waals surface area contributed by atoms with Crippen molar-refractivity contribution in [3.8, 4) is 0 Å². The lowest BCUT2D eigenvalue weighted by Crippen LogP contribution is -2.42. The van der Waals surface area contributed by atoms with Crippen LogP contribution in [0.3, 0.4) is 0 Å². The smallest absolute Gasteiger partial charge is 0.315 e. The molecule has 0 bridgehead atoms. The van der Waals surface area contributed by atoms with Gasteiger partial charge in [0.1, 0.15) is 0 Å². The van der Waals surface area contributed by atoms with Crippen LogP contribution in [0.4, 0.5) is 4.79 Å². The molecule has 1 aliphatic rings. The molecule has 0 radical (unpaired) electrons. The van der Waals surface area contributed by atoms with E-state index in [4.69, 9.17) is 4.74 Å². The lowest BCUT2D eigenvalue weighted by Gasteiger charge is -2.27. The quantitative estimate of drug-likeness (QED) is 0.846. The zero-order valence-electron chi connectivity index (χ0n) is 14.5. The minimum absolute atomic E-state index is 0.104. The predicted octanol–water partition coefficient (Wildman–Crippen LogP) is 2.36. The fourth-order valence-electron chi connectivity index (χ4n) is 2.48. The fourth-order valence-corrected chi connectivity index (χ4v) is 2.48. The Morgan fingerprint density at radius 2 is 1.83 bits per heavy atom. The third-order valence-electron chi connectivity index (χ3n) is 4.41. The van der Waals surface area contributed by atoms with Gasteiger partial charge < -0.3 is 15.4 Å². The maximum atomic E-state index is 12.0. The fraction of sp³-hybridized carbons (Fsp3) is 0.611. The van der Waals surface area contributed by atoms with Crippen LogP contribution in [0, 0.1) is 5.92 Å². The Kier molecular flexibility index (Phi) is 6.86. The summed E-state index contributed by atoms with van der Waals surface area (Å²) >= 11 is 0. The van der Waals surface area contributed by atoms with E-state index in [-0.39, 0.29) is 12.1 Å². The van der Waals surface area contributed by atoms with Gasteiger partial charge in [-0.1, -0.05) is 38.1 Å². The molecule has 1 atom stereocenters. The number of nitrogens with zero attached hydrogens (tertiary/aromatic N) is 1. The molecule has 1 aromatic carbocycles. The number of hydrogen-bond acceptors (Lipinski definition) is 3. The van der Waals surface area contributed by atoms with E-state index in [9.17, 15) is 4.79 Å². The van der Waals surface area contributed by atoms with Gasteiger partial charge in [-0.25, -0.2) is 4.79 Å². The number of hydrogen-bond donors (Lipinski definition) is 2. The van der Waals surface area contributed by atoms with E-state index in [0.29, 0.717) is 12.5 Å². The molecule has 1 heterocycles. The van der Waals surface area contributed by atoms with Gasteiger partial charge >= 0.3 is 6.03 Å². The summed E-state index contributed by atoms with van der Waals surface area (Å²) in [7, 11) is 0. The van der Waals surface area contributed by atoms with Crippen LogP contribution in [-0.4, -0.2) is 43.3 Å². The van der Waals surface area contributed by atoms with Crippen molar-refractivity contribution in [2.24, 2.45) is 5.92 Å². The topological polar surface area (TPSA) is 53.6 Å². The molecule has 23 heavy (non-hydrogen) atoms. The molecule has 0 spiro atoms. The van der Waals surface area contributed by atoms with Gasteiger partial charge in [0.05, 0.1) is 13.2 Å². The third-order valence-corrected chi connectivity index (χ3v) is 4.41. The van der Waals surface area contributed by atoms with Crippen LogP contribution in [-0.2, 0) is 17.8 Å². The Morgan fingerprint density at radius 3 is 2.48 bits per heavy atom. The molecule has 1 unspecified atom stereocenters. The summed E-state index contributed by atoms with van der Waals surface area (Å²) in [5, 5.41) is 5.94. The molecule has 1 aliphatic heterocycles. The molecule has 2 amide bonds. The Labute approximate surface area is 139 Å². The largest absolute Gasteiger partial charge is 0.379 e. The van der Waals surface area contributed by atoms with Crippen molar-refractivity contribution < 1.29 is 9.53 Å². The van der Waals surface area contributed by atoms with Crippen LogP contribution in [0.25, 0.3) is 0 Å². The molecule has 1 fully saturated rings. The molecule has 128 valence electrons. The summed E-state index contributed by atoms with van der Waals surface area (Å²) in [5.74, 6) is 0.425. The third kappa shape index (κ3) is 5.84. The van der Waals surface area contributed by atoms with Crippen molar-refractivity contribution in [2.75, 3.05) is 26.3 Å². The van der Waals surface area contributed by atoms with E-state index in [1.54, 1.807) is 0 Å². The van der Waals surface area contributed by atoms with E-state index in [1.807, 2.05) is 13.0 Å². The number of amides is 2. The summed E-state index contributed by atoms with van der Waals surface area (Å²) in [5.41, 5.74) is 2.44. The van der Waals surface area contributed by atoms with Gasteiger partial charge in [-0.3, -0.25) is 4.90 Å². The van der Waals surface area contributed by atoms with E-state index >= 15 is 0 Å². The minimum Gasteiger partial charge on any atom is -0.379 e. The van der Waals surface area contributed by atoms with Crippen molar-refractivity contribution in [3.63, 3.8) is 0 Å². The number of benzene rings is 1. The summed E-state index contributed by atoms with van der Waals surface area (Å²) < 4.78 is 5.40. The van der Waals surface area contributed by atoms with Gasteiger partial charge in [0.2, 0.25) is 0 Å². The van der Waals surface area contributed by atoms with Gasteiger partial charge in [0, 0.05) is 32.2 Å². The summed E-state index contributed by atoms with van der Waals surface area (Å²) in [4.78, 5) is 14.4. The van der Waals surface area contributed by atoms with Crippen LogP contribution < -0.4 is 10.6 Å². The molecule has 5 heteroatoms. The zero-order valence-corrected chi connectivity index (χ0v) is 14.5. The molecular weight excluding hydrogens is 290 g/mol. The first kappa shape index (κ1) is 17.8. The normalized spacial score (nSPS) is 17.0. The molecule has 0 aromatic heterocycles. The number of nitrogens with one attached hydrogen (secondary N) is 2. The second-order valence-electron chi connectivity index (χ2n) is 6.52. The van der Waals surface area contributed by atoms with Crippen molar-refractivity contribution >= 4 is 6.03 Å². The molecule has 2 N–H and O–H groups in total. The molecule has 0 saturated carbocycles. The SMILES string of the molecule is CC(C)C(C)NC(=O)NCc1ccccc1CN1CCOCC1. The van der Waals surface area contributed by atoms with Crippen LogP contribution in [0.1, 0.15) is 31.9 Å². The average molecular weight is 319 g/mol. The molecular formula is C18H29N3O2. The summed E-state index contributed by atoms with van der Waals surface area (Å²) in [6.45, 7) is 11.2. The van der Waals surface area contributed by atoms with Gasteiger partial charge in [-0.05, 0) is 24.0 Å². The maximum absolute atomic E-state index is 12.0. The monoisotopic (exact) mass is 319 g/mol. The van der Waals surface area contributed by atoms with E-state index in [2.05, 4.69) is 47.6 Å². The van der Waals surface area contributed by atoms with E-state index in [0.717, 1.165) is 32.8 Å². The first-order chi connectivity index (χ1) is 11.1. The lowest BCUT2D eigenvalue weighted by molar-refractivity contribution is 0.0341. The van der Waals surface area contributed by atoms with Crippen LogP contribution in [0.15, 0.2) is 24.3 Å². The molecule has 1 saturated heterocycles. The number of morpholine rings is 1. The molecule has 2 rings (SSSR count). The second-order valence-corrected chi connectivity index (χ2v) is 6.52. The first-order valence-electron chi connectivity index (χ1n) is 8.47. The van der Waals surface area contributed by atoms with Crippen LogP contribution in [0.2, 0.25) is 0 Å². The van der Waals surface area contributed by atoms with E-state index in [1.165, 1.54) is 11.1 Å². The maximum Gasteiger partial charge on any atom is 0.315 e. The number of rotatable bonds is 6. The van der Waals surface area contributed by atoms with Crippen molar-refractivity contribution in [1.82, 2.24) is 15.5 Å². The minimum atomic E-state index is -0.104. The van der Waals surface area contributed by atoms with Crippen molar-refractivity contribution in [3.05, 3.63) is 35.4 Å². The highest BCUT2D eigenvalue weighted by molar-refractivity contribution is 5.74. The van der Waals surface area contributed by atoms with Gasteiger partial charge in [-0.2, -0.15) is 0 Å². The summed E-state index contributed by atoms with van der Waals surface area (Å²) in [6, 6.07) is 8.36. The van der Waals surface area contributed by atoms with Crippen LogP contribution >= 0.6 is 0 Å². The Hall–Kier alpha value is -1.59. The second kappa shape index (κ2) is 8.89. The Bertz CT molecular complexity index is 499. The average Bonchev–Trinajstić information content (AvgIpc) is 2.55. The van der Waals surface area contributed by atoms with Gasteiger partial charge in [0.25, 0.3) is 0 Å². The number of urea groups is 1. The number of ether oxygens (including phenoxy) is 1. The van der Waals surface area contributed by atoms with Crippen LogP contribution in [0.5, 0.6) is 0 Å². The number of carbonyl (C=O) groups excluding carboxylic acids is 1. The van der Waals surface area contributed by atoms with Crippen molar-refractivity contribution in [1.29, 1.82) is 0 Å². The highest BCUT2D eigenvalue weighted by Crippen LogP contribution is 2.13. The van der Waals surface area contributed by atoms with Crippen molar-refractivity contribution in [2.45, 2.75) is 39.9 Å². The predicted molar refractivity (Wildman–Crippen MR) is 92.2 cm³/mol.